The SMILES string of the molecule is Cn1cc(S(=O)(=O)Nc2cccc(C=O)c2)cn1. The van der Waals surface area contributed by atoms with Crippen molar-refractivity contribution < 1.29 is 13.2 Å². The lowest BCUT2D eigenvalue weighted by atomic mass is 10.2. The van der Waals surface area contributed by atoms with Gasteiger partial charge in [-0.25, -0.2) is 8.42 Å². The topological polar surface area (TPSA) is 81.1 Å². The van der Waals surface area contributed by atoms with Gasteiger partial charge in [0.05, 0.1) is 6.20 Å². The molecule has 1 N–H and O–H groups in total. The van der Waals surface area contributed by atoms with Crippen molar-refractivity contribution in [2.24, 2.45) is 7.05 Å². The number of nitrogens with zero attached hydrogens (tertiary/aromatic N) is 2. The summed E-state index contributed by atoms with van der Waals surface area (Å²) in [5.74, 6) is 0. The smallest absolute Gasteiger partial charge is 0.265 e. The minimum absolute atomic E-state index is 0.0708. The molecular formula is C11H11N3O3S. The van der Waals surface area contributed by atoms with Crippen molar-refractivity contribution in [2.75, 3.05) is 4.72 Å². The van der Waals surface area contributed by atoms with E-state index in [-0.39, 0.29) is 4.90 Å². The van der Waals surface area contributed by atoms with Crippen LogP contribution in [0.2, 0.25) is 0 Å². The van der Waals surface area contributed by atoms with E-state index >= 15 is 0 Å². The fourth-order valence-corrected chi connectivity index (χ4v) is 2.46. The second-order valence-corrected chi connectivity index (χ2v) is 5.38. The van der Waals surface area contributed by atoms with Gasteiger partial charge in [0.15, 0.2) is 0 Å². The number of hydrogen-bond acceptors (Lipinski definition) is 4. The van der Waals surface area contributed by atoms with Crippen LogP contribution in [0.5, 0.6) is 0 Å². The second kappa shape index (κ2) is 4.61. The molecule has 7 heteroatoms. The van der Waals surface area contributed by atoms with Gasteiger partial charge in [-0.3, -0.25) is 14.2 Å². The molecule has 2 aromatic rings. The average Bonchev–Trinajstić information content (AvgIpc) is 2.76. The Kier molecular flexibility index (Phi) is 3.15. The maximum atomic E-state index is 12.0. The molecule has 0 aliphatic carbocycles. The van der Waals surface area contributed by atoms with Crippen molar-refractivity contribution in [1.82, 2.24) is 9.78 Å². The maximum Gasteiger partial charge on any atom is 0.265 e. The molecule has 0 aliphatic heterocycles. The summed E-state index contributed by atoms with van der Waals surface area (Å²) in [7, 11) is -2.04. The minimum atomic E-state index is -3.67. The molecule has 1 aromatic heterocycles. The van der Waals surface area contributed by atoms with E-state index in [1.165, 1.54) is 23.1 Å². The molecule has 94 valence electrons. The first-order valence-electron chi connectivity index (χ1n) is 5.08. The van der Waals surface area contributed by atoms with Crippen molar-refractivity contribution >= 4 is 22.0 Å². The number of anilines is 1. The molecule has 0 radical (unpaired) electrons. The van der Waals surface area contributed by atoms with Crippen LogP contribution in [0.3, 0.4) is 0 Å². The first-order valence-corrected chi connectivity index (χ1v) is 6.56. The Morgan fingerprint density at radius 3 is 2.78 bits per heavy atom. The standard InChI is InChI=1S/C11H11N3O3S/c1-14-7-11(6-12-14)18(16,17)13-10-4-2-3-9(5-10)8-15/h2-8,13H,1H3. The van der Waals surface area contributed by atoms with E-state index in [4.69, 9.17) is 0 Å². The lowest BCUT2D eigenvalue weighted by Crippen LogP contribution is -2.12. The van der Waals surface area contributed by atoms with Crippen molar-refractivity contribution in [3.8, 4) is 0 Å². The highest BCUT2D eigenvalue weighted by atomic mass is 32.2. The summed E-state index contributed by atoms with van der Waals surface area (Å²) in [6.45, 7) is 0. The summed E-state index contributed by atoms with van der Waals surface area (Å²) >= 11 is 0. The summed E-state index contributed by atoms with van der Waals surface area (Å²) in [6, 6.07) is 6.22. The molecule has 0 atom stereocenters. The molecule has 0 aliphatic rings. The van der Waals surface area contributed by atoms with E-state index in [9.17, 15) is 13.2 Å². The second-order valence-electron chi connectivity index (χ2n) is 3.70. The number of aryl methyl sites for hydroxylation is 1. The van der Waals surface area contributed by atoms with Gasteiger partial charge >= 0.3 is 0 Å². The normalized spacial score (nSPS) is 11.2. The molecule has 1 aromatic carbocycles. The van der Waals surface area contributed by atoms with Crippen LogP contribution in [-0.4, -0.2) is 24.5 Å². The zero-order valence-corrected chi connectivity index (χ0v) is 10.4. The third-order valence-electron chi connectivity index (χ3n) is 2.27. The van der Waals surface area contributed by atoms with Crippen LogP contribution < -0.4 is 4.72 Å². The third-order valence-corrected chi connectivity index (χ3v) is 3.60. The highest BCUT2D eigenvalue weighted by molar-refractivity contribution is 7.92. The monoisotopic (exact) mass is 265 g/mol. The Bertz CT molecular complexity index is 676. The van der Waals surface area contributed by atoms with Gasteiger partial charge in [-0.05, 0) is 12.1 Å². The molecule has 0 unspecified atom stereocenters. The molecule has 0 spiro atoms. The number of carbonyl (C=O) groups excluding carboxylic acids is 1. The number of aldehydes is 1. The molecular weight excluding hydrogens is 254 g/mol. The van der Waals surface area contributed by atoms with Crippen LogP contribution in [0.15, 0.2) is 41.6 Å². The zero-order valence-electron chi connectivity index (χ0n) is 9.57. The predicted octanol–water partition coefficient (Wildman–Crippen LogP) is 1.03. The Morgan fingerprint density at radius 2 is 2.17 bits per heavy atom. The van der Waals surface area contributed by atoms with E-state index in [1.54, 1.807) is 25.2 Å². The van der Waals surface area contributed by atoms with E-state index in [0.29, 0.717) is 17.5 Å². The van der Waals surface area contributed by atoms with Crippen LogP contribution in [0.4, 0.5) is 5.69 Å². The van der Waals surface area contributed by atoms with Gasteiger partial charge in [0.25, 0.3) is 10.0 Å². The predicted molar refractivity (Wildman–Crippen MR) is 65.8 cm³/mol. The van der Waals surface area contributed by atoms with Crippen LogP contribution in [0.25, 0.3) is 0 Å². The highest BCUT2D eigenvalue weighted by Crippen LogP contribution is 2.15. The lowest BCUT2D eigenvalue weighted by molar-refractivity contribution is 0.112. The van der Waals surface area contributed by atoms with Gasteiger partial charge in [0.1, 0.15) is 11.2 Å². The quantitative estimate of drug-likeness (QED) is 0.837. The summed E-state index contributed by atoms with van der Waals surface area (Å²) in [4.78, 5) is 10.7. The number of benzene rings is 1. The largest absolute Gasteiger partial charge is 0.298 e. The van der Waals surface area contributed by atoms with Crippen LogP contribution in [0.1, 0.15) is 10.4 Å². The van der Waals surface area contributed by atoms with Crippen LogP contribution >= 0.6 is 0 Å². The Hall–Kier alpha value is -2.15. The van der Waals surface area contributed by atoms with Crippen molar-refractivity contribution in [2.45, 2.75) is 4.90 Å². The summed E-state index contributed by atoms with van der Waals surface area (Å²) in [5, 5.41) is 3.80. The minimum Gasteiger partial charge on any atom is -0.298 e. The van der Waals surface area contributed by atoms with Gasteiger partial charge in [0.2, 0.25) is 0 Å². The molecule has 0 saturated heterocycles. The first-order chi connectivity index (χ1) is 8.51. The first kappa shape index (κ1) is 12.3. The van der Waals surface area contributed by atoms with E-state index in [1.807, 2.05) is 0 Å². The number of nitrogens with one attached hydrogen (secondary N) is 1. The molecule has 6 nitrogen and oxygen atoms in total. The van der Waals surface area contributed by atoms with Gasteiger partial charge < -0.3 is 0 Å². The van der Waals surface area contributed by atoms with Gasteiger partial charge in [-0.1, -0.05) is 12.1 Å². The number of carbonyl (C=O) groups is 1. The molecule has 0 fully saturated rings. The highest BCUT2D eigenvalue weighted by Gasteiger charge is 2.16. The summed E-state index contributed by atoms with van der Waals surface area (Å²) in [6.07, 6.45) is 3.31. The molecule has 2 rings (SSSR count). The number of sulfonamides is 1. The van der Waals surface area contributed by atoms with Crippen molar-refractivity contribution in [1.29, 1.82) is 0 Å². The van der Waals surface area contributed by atoms with Gasteiger partial charge in [-0.15, -0.1) is 0 Å². The number of aromatic nitrogens is 2. The Labute approximate surface area is 104 Å². The molecule has 0 amide bonds. The Morgan fingerprint density at radius 1 is 1.39 bits per heavy atom. The molecule has 0 saturated carbocycles. The fourth-order valence-electron chi connectivity index (χ4n) is 1.43. The molecule has 0 bridgehead atoms. The van der Waals surface area contributed by atoms with Crippen LogP contribution in [0, 0.1) is 0 Å². The van der Waals surface area contributed by atoms with E-state index < -0.39 is 10.0 Å². The zero-order chi connectivity index (χ0) is 13.2. The molecule has 18 heavy (non-hydrogen) atoms. The Balaban J connectivity index is 2.30. The van der Waals surface area contributed by atoms with E-state index in [0.717, 1.165) is 0 Å². The fraction of sp³-hybridized carbons (Fsp3) is 0.0909. The van der Waals surface area contributed by atoms with Gasteiger partial charge in [0, 0.05) is 24.5 Å². The third kappa shape index (κ3) is 2.57. The maximum absolute atomic E-state index is 12.0. The lowest BCUT2D eigenvalue weighted by Gasteiger charge is -2.06. The number of hydrogen-bond donors (Lipinski definition) is 1. The molecule has 1 heterocycles. The average molecular weight is 265 g/mol. The summed E-state index contributed by atoms with van der Waals surface area (Å²) in [5.41, 5.74) is 0.741. The van der Waals surface area contributed by atoms with E-state index in [2.05, 4.69) is 9.82 Å². The van der Waals surface area contributed by atoms with Crippen molar-refractivity contribution in [3.63, 3.8) is 0 Å². The van der Waals surface area contributed by atoms with Crippen LogP contribution in [-0.2, 0) is 17.1 Å². The van der Waals surface area contributed by atoms with Gasteiger partial charge in [-0.2, -0.15) is 5.10 Å². The van der Waals surface area contributed by atoms with Crippen molar-refractivity contribution in [3.05, 3.63) is 42.2 Å². The number of rotatable bonds is 4. The summed E-state index contributed by atoms with van der Waals surface area (Å²) < 4.78 is 27.7.